The van der Waals surface area contributed by atoms with Gasteiger partial charge in [0.2, 0.25) is 5.91 Å². The molecule has 0 saturated carbocycles. The van der Waals surface area contributed by atoms with E-state index >= 15 is 0 Å². The Balaban J connectivity index is 3.15. The second kappa shape index (κ2) is 5.43. The van der Waals surface area contributed by atoms with Gasteiger partial charge in [-0.2, -0.15) is 0 Å². The van der Waals surface area contributed by atoms with Gasteiger partial charge in [-0.3, -0.25) is 9.69 Å². The summed E-state index contributed by atoms with van der Waals surface area (Å²) in [5, 5.41) is 0. The van der Waals surface area contributed by atoms with E-state index in [2.05, 4.69) is 60.4 Å². The maximum Gasteiger partial charge on any atom is 0.228 e. The molecule has 0 N–H and O–H groups in total. The largest absolute Gasteiger partial charge is 0.329 e. The van der Waals surface area contributed by atoms with Gasteiger partial charge in [0, 0.05) is 12.6 Å². The van der Waals surface area contributed by atoms with Crippen molar-refractivity contribution in [3.05, 3.63) is 0 Å². The molecule has 2 unspecified atom stereocenters. The number of rotatable bonds is 2. The molecular weight excluding hydrogens is 236 g/mol. The van der Waals surface area contributed by atoms with E-state index < -0.39 is 0 Å². The van der Waals surface area contributed by atoms with Crippen molar-refractivity contribution in [1.82, 2.24) is 9.80 Å². The third kappa shape index (κ3) is 3.50. The highest BCUT2D eigenvalue weighted by Gasteiger charge is 2.49. The number of amides is 1. The summed E-state index contributed by atoms with van der Waals surface area (Å²) in [6.45, 7) is 17.1. The van der Waals surface area contributed by atoms with Gasteiger partial charge in [0.15, 0.2) is 0 Å². The Morgan fingerprint density at radius 2 is 1.63 bits per heavy atom. The van der Waals surface area contributed by atoms with Gasteiger partial charge in [0.25, 0.3) is 0 Å². The molecule has 1 heterocycles. The minimum absolute atomic E-state index is 0.00426. The third-order valence-corrected chi connectivity index (χ3v) is 4.08. The lowest BCUT2D eigenvalue weighted by Crippen LogP contribution is -2.64. The fourth-order valence-electron chi connectivity index (χ4n) is 3.47. The van der Waals surface area contributed by atoms with E-state index in [4.69, 9.17) is 0 Å². The molecule has 0 aromatic carbocycles. The molecule has 1 amide bonds. The van der Waals surface area contributed by atoms with E-state index in [-0.39, 0.29) is 16.7 Å². The van der Waals surface area contributed by atoms with Crippen LogP contribution in [-0.4, -0.2) is 42.0 Å². The second-order valence-electron chi connectivity index (χ2n) is 8.15. The molecule has 112 valence electrons. The fraction of sp³-hybridized carbons (Fsp3) is 0.938. The highest BCUT2D eigenvalue weighted by Crippen LogP contribution is 2.42. The van der Waals surface area contributed by atoms with Crippen LogP contribution in [0.1, 0.15) is 54.9 Å². The monoisotopic (exact) mass is 268 g/mol. The molecule has 1 fully saturated rings. The van der Waals surface area contributed by atoms with E-state index in [1.54, 1.807) is 0 Å². The first kappa shape index (κ1) is 16.5. The van der Waals surface area contributed by atoms with Crippen molar-refractivity contribution in [2.75, 3.05) is 20.3 Å². The van der Waals surface area contributed by atoms with E-state index in [1.165, 1.54) is 0 Å². The zero-order chi connectivity index (χ0) is 15.0. The van der Waals surface area contributed by atoms with Crippen LogP contribution in [0, 0.1) is 16.7 Å². The van der Waals surface area contributed by atoms with Crippen LogP contribution in [-0.2, 0) is 4.79 Å². The van der Waals surface area contributed by atoms with Crippen molar-refractivity contribution < 1.29 is 4.79 Å². The molecule has 0 aromatic heterocycles. The first-order chi connectivity index (χ1) is 8.50. The SMILES string of the molecule is CCCN1CN(C)C(C(C)(C)C)C(C(C)(C)C)C1=O. The lowest BCUT2D eigenvalue weighted by molar-refractivity contribution is -0.159. The van der Waals surface area contributed by atoms with Crippen LogP contribution in [0.5, 0.6) is 0 Å². The van der Waals surface area contributed by atoms with Crippen LogP contribution in [0.4, 0.5) is 0 Å². The van der Waals surface area contributed by atoms with Gasteiger partial charge in [0.1, 0.15) is 0 Å². The number of hydrogen-bond acceptors (Lipinski definition) is 2. The Morgan fingerprint density at radius 1 is 1.11 bits per heavy atom. The minimum atomic E-state index is -0.00426. The molecule has 0 bridgehead atoms. The fourth-order valence-corrected chi connectivity index (χ4v) is 3.47. The molecular formula is C16H32N2O. The van der Waals surface area contributed by atoms with Gasteiger partial charge in [-0.15, -0.1) is 0 Å². The molecule has 3 nitrogen and oxygen atoms in total. The molecule has 3 heteroatoms. The summed E-state index contributed by atoms with van der Waals surface area (Å²) in [5.41, 5.74) is 0.108. The van der Waals surface area contributed by atoms with E-state index in [1.807, 2.05) is 4.90 Å². The van der Waals surface area contributed by atoms with Gasteiger partial charge in [0.05, 0.1) is 12.6 Å². The quantitative estimate of drug-likeness (QED) is 0.768. The average Bonchev–Trinajstić information content (AvgIpc) is 2.19. The Morgan fingerprint density at radius 3 is 2.00 bits per heavy atom. The average molecular weight is 268 g/mol. The standard InChI is InChI=1S/C16H32N2O/c1-9-10-18-11-17(8)13(16(5,6)7)12(14(18)19)15(2,3)4/h12-13H,9-11H2,1-8H3. The highest BCUT2D eigenvalue weighted by atomic mass is 16.2. The summed E-state index contributed by atoms with van der Waals surface area (Å²) < 4.78 is 0. The Kier molecular flexibility index (Phi) is 4.71. The van der Waals surface area contributed by atoms with Crippen molar-refractivity contribution in [3.63, 3.8) is 0 Å². The van der Waals surface area contributed by atoms with Crippen molar-refractivity contribution in [2.24, 2.45) is 16.7 Å². The number of carbonyl (C=O) groups is 1. The predicted octanol–water partition coefficient (Wildman–Crippen LogP) is 3.20. The molecule has 0 radical (unpaired) electrons. The van der Waals surface area contributed by atoms with Gasteiger partial charge in [-0.25, -0.2) is 0 Å². The Hall–Kier alpha value is -0.570. The molecule has 2 atom stereocenters. The first-order valence-electron chi connectivity index (χ1n) is 7.49. The van der Waals surface area contributed by atoms with Crippen molar-refractivity contribution in [1.29, 1.82) is 0 Å². The molecule has 0 aromatic rings. The van der Waals surface area contributed by atoms with Crippen molar-refractivity contribution >= 4 is 5.91 Å². The molecule has 1 aliphatic rings. The van der Waals surface area contributed by atoms with Crippen LogP contribution in [0.3, 0.4) is 0 Å². The Bertz CT molecular complexity index is 325. The topological polar surface area (TPSA) is 23.6 Å². The minimum Gasteiger partial charge on any atom is -0.329 e. The van der Waals surface area contributed by atoms with E-state index in [0.717, 1.165) is 19.6 Å². The number of carbonyl (C=O) groups excluding carboxylic acids is 1. The van der Waals surface area contributed by atoms with Gasteiger partial charge < -0.3 is 4.90 Å². The van der Waals surface area contributed by atoms with Crippen LogP contribution in [0.2, 0.25) is 0 Å². The van der Waals surface area contributed by atoms with Crippen LogP contribution < -0.4 is 0 Å². The summed E-state index contributed by atoms with van der Waals surface area (Å²) >= 11 is 0. The van der Waals surface area contributed by atoms with E-state index in [9.17, 15) is 4.79 Å². The van der Waals surface area contributed by atoms with Crippen molar-refractivity contribution in [3.8, 4) is 0 Å². The molecule has 0 aliphatic carbocycles. The highest BCUT2D eigenvalue weighted by molar-refractivity contribution is 5.81. The summed E-state index contributed by atoms with van der Waals surface area (Å²) in [4.78, 5) is 17.3. The Labute approximate surface area is 119 Å². The van der Waals surface area contributed by atoms with Gasteiger partial charge in [-0.05, 0) is 24.3 Å². The number of hydrogen-bond donors (Lipinski definition) is 0. The maximum absolute atomic E-state index is 12.9. The zero-order valence-electron chi connectivity index (χ0n) is 14.1. The summed E-state index contributed by atoms with van der Waals surface area (Å²) in [5.74, 6) is 0.408. The first-order valence-corrected chi connectivity index (χ1v) is 7.49. The van der Waals surface area contributed by atoms with Gasteiger partial charge in [-0.1, -0.05) is 48.5 Å². The van der Waals surface area contributed by atoms with Crippen LogP contribution in [0.25, 0.3) is 0 Å². The third-order valence-electron chi connectivity index (χ3n) is 4.08. The lowest BCUT2D eigenvalue weighted by atomic mass is 9.66. The van der Waals surface area contributed by atoms with Crippen LogP contribution in [0.15, 0.2) is 0 Å². The predicted molar refractivity (Wildman–Crippen MR) is 80.8 cm³/mol. The summed E-state index contributed by atoms with van der Waals surface area (Å²) in [7, 11) is 2.16. The van der Waals surface area contributed by atoms with Crippen LogP contribution >= 0.6 is 0 Å². The summed E-state index contributed by atoms with van der Waals surface area (Å²) in [6.07, 6.45) is 1.02. The molecule has 1 rings (SSSR count). The van der Waals surface area contributed by atoms with Gasteiger partial charge >= 0.3 is 0 Å². The summed E-state index contributed by atoms with van der Waals surface area (Å²) in [6, 6.07) is 0.299. The zero-order valence-corrected chi connectivity index (χ0v) is 14.1. The van der Waals surface area contributed by atoms with E-state index in [0.29, 0.717) is 11.9 Å². The molecule has 0 spiro atoms. The smallest absolute Gasteiger partial charge is 0.228 e. The molecule has 1 aliphatic heterocycles. The second-order valence-corrected chi connectivity index (χ2v) is 8.15. The lowest BCUT2D eigenvalue weighted by Gasteiger charge is -2.53. The molecule has 19 heavy (non-hydrogen) atoms. The maximum atomic E-state index is 12.9. The number of nitrogens with zero attached hydrogens (tertiary/aromatic N) is 2. The van der Waals surface area contributed by atoms with Crippen molar-refractivity contribution in [2.45, 2.75) is 60.9 Å². The molecule has 1 saturated heterocycles. The normalized spacial score (nSPS) is 26.9.